The zero-order chi connectivity index (χ0) is 15.2. The highest BCUT2D eigenvalue weighted by molar-refractivity contribution is 5.59. The van der Waals surface area contributed by atoms with E-state index in [1.54, 1.807) is 6.07 Å². The molecule has 1 aromatic carbocycles. The van der Waals surface area contributed by atoms with Crippen LogP contribution in [0.15, 0.2) is 30.3 Å². The van der Waals surface area contributed by atoms with Crippen LogP contribution in [0.5, 0.6) is 5.75 Å². The van der Waals surface area contributed by atoms with Gasteiger partial charge in [-0.25, -0.2) is 11.7 Å². The van der Waals surface area contributed by atoms with Crippen molar-refractivity contribution in [3.63, 3.8) is 0 Å². The van der Waals surface area contributed by atoms with Crippen LogP contribution in [0.3, 0.4) is 0 Å². The average molecular weight is 289 g/mol. The fraction of sp³-hybridized carbons (Fsp3) is 0.231. The molecule has 0 saturated carbocycles. The van der Waals surface area contributed by atoms with Gasteiger partial charge < -0.3 is 20.9 Å². The molecule has 8 heteroatoms. The van der Waals surface area contributed by atoms with Crippen molar-refractivity contribution in [2.75, 3.05) is 16.2 Å². The second-order valence-corrected chi connectivity index (χ2v) is 4.57. The number of nitrogens with two attached hydrogens (primary N) is 2. The van der Waals surface area contributed by atoms with Crippen LogP contribution in [0.25, 0.3) is 0 Å². The molecule has 0 aliphatic carbocycles. The Labute approximate surface area is 122 Å². The molecule has 0 saturated heterocycles. The average Bonchev–Trinajstić information content (AvgIpc) is 2.48. The molecule has 7 N–H and O–H groups in total. The van der Waals surface area contributed by atoms with Crippen molar-refractivity contribution in [3.8, 4) is 5.75 Å². The van der Waals surface area contributed by atoms with Crippen molar-refractivity contribution in [2.45, 2.75) is 20.0 Å². The van der Waals surface area contributed by atoms with E-state index in [4.69, 9.17) is 16.4 Å². The summed E-state index contributed by atoms with van der Waals surface area (Å²) in [7, 11) is 0. The number of ether oxygens (including phenoxy) is 1. The van der Waals surface area contributed by atoms with Gasteiger partial charge in [-0.2, -0.15) is 9.97 Å². The quantitative estimate of drug-likeness (QED) is 0.401. The topological polar surface area (TPSA) is 123 Å². The van der Waals surface area contributed by atoms with Gasteiger partial charge in [-0.1, -0.05) is 0 Å². The molecule has 21 heavy (non-hydrogen) atoms. The van der Waals surface area contributed by atoms with Gasteiger partial charge in [-0.05, 0) is 38.1 Å². The van der Waals surface area contributed by atoms with Gasteiger partial charge in [0.25, 0.3) is 0 Å². The van der Waals surface area contributed by atoms with Crippen LogP contribution in [0.2, 0.25) is 0 Å². The first-order valence-corrected chi connectivity index (χ1v) is 6.47. The van der Waals surface area contributed by atoms with Crippen LogP contribution in [-0.4, -0.2) is 16.1 Å². The SMILES string of the molecule is CC(C)Oc1ccc(Nc2nc(NN)cc(NN)n2)cc1. The molecular weight excluding hydrogens is 270 g/mol. The number of hydrogen-bond acceptors (Lipinski definition) is 8. The van der Waals surface area contributed by atoms with Crippen molar-refractivity contribution in [3.05, 3.63) is 30.3 Å². The van der Waals surface area contributed by atoms with Gasteiger partial charge in [-0.15, -0.1) is 0 Å². The molecular formula is C13H19N7O. The zero-order valence-electron chi connectivity index (χ0n) is 11.9. The summed E-state index contributed by atoms with van der Waals surface area (Å²) in [5.74, 6) is 12.8. The monoisotopic (exact) mass is 289 g/mol. The van der Waals surface area contributed by atoms with Crippen LogP contribution in [0.1, 0.15) is 13.8 Å². The third kappa shape index (κ3) is 4.20. The maximum absolute atomic E-state index is 5.58. The first kappa shape index (κ1) is 14.8. The largest absolute Gasteiger partial charge is 0.491 e. The van der Waals surface area contributed by atoms with Crippen molar-refractivity contribution in [1.82, 2.24) is 9.97 Å². The van der Waals surface area contributed by atoms with Crippen molar-refractivity contribution < 1.29 is 4.74 Å². The maximum atomic E-state index is 5.58. The Bertz CT molecular complexity index is 563. The van der Waals surface area contributed by atoms with Gasteiger partial charge >= 0.3 is 0 Å². The van der Waals surface area contributed by atoms with E-state index in [0.717, 1.165) is 11.4 Å². The summed E-state index contributed by atoms with van der Waals surface area (Å²) in [5, 5.41) is 3.06. The molecule has 0 radical (unpaired) electrons. The standard InChI is InChI=1S/C13H19N7O/c1-8(2)21-10-5-3-9(4-6-10)16-13-17-11(19-14)7-12(18-13)20-15/h3-8H,14-15H2,1-2H3,(H3,16,17,18,19,20). The van der Waals surface area contributed by atoms with E-state index >= 15 is 0 Å². The fourth-order valence-electron chi connectivity index (χ4n) is 1.67. The highest BCUT2D eigenvalue weighted by Gasteiger charge is 2.04. The number of anilines is 4. The molecule has 0 amide bonds. The van der Waals surface area contributed by atoms with Crippen molar-refractivity contribution >= 4 is 23.3 Å². The van der Waals surface area contributed by atoms with E-state index < -0.39 is 0 Å². The minimum atomic E-state index is 0.137. The van der Waals surface area contributed by atoms with E-state index in [-0.39, 0.29) is 6.10 Å². The molecule has 0 aliphatic heterocycles. The van der Waals surface area contributed by atoms with Gasteiger partial charge in [-0.3, -0.25) is 0 Å². The lowest BCUT2D eigenvalue weighted by Gasteiger charge is -2.11. The lowest BCUT2D eigenvalue weighted by atomic mass is 10.3. The normalized spacial score (nSPS) is 10.3. The molecule has 1 heterocycles. The molecule has 8 nitrogen and oxygen atoms in total. The minimum absolute atomic E-state index is 0.137. The second-order valence-electron chi connectivity index (χ2n) is 4.57. The third-order valence-corrected chi connectivity index (χ3v) is 2.50. The first-order chi connectivity index (χ1) is 10.1. The second kappa shape index (κ2) is 6.73. The van der Waals surface area contributed by atoms with Crippen LogP contribution in [0, 0.1) is 0 Å². The predicted molar refractivity (Wildman–Crippen MR) is 83.1 cm³/mol. The van der Waals surface area contributed by atoms with Gasteiger partial charge in [0, 0.05) is 11.8 Å². The lowest BCUT2D eigenvalue weighted by Crippen LogP contribution is -2.14. The smallest absolute Gasteiger partial charge is 0.231 e. The number of benzene rings is 1. The molecule has 1 aromatic heterocycles. The van der Waals surface area contributed by atoms with Gasteiger partial charge in [0.1, 0.15) is 17.4 Å². The Hall–Kier alpha value is -2.58. The highest BCUT2D eigenvalue weighted by atomic mass is 16.5. The van der Waals surface area contributed by atoms with Crippen LogP contribution in [-0.2, 0) is 0 Å². The first-order valence-electron chi connectivity index (χ1n) is 6.47. The number of nitrogens with zero attached hydrogens (tertiary/aromatic N) is 2. The van der Waals surface area contributed by atoms with Crippen molar-refractivity contribution in [1.29, 1.82) is 0 Å². The number of rotatable bonds is 6. The lowest BCUT2D eigenvalue weighted by molar-refractivity contribution is 0.242. The van der Waals surface area contributed by atoms with E-state index in [1.807, 2.05) is 38.1 Å². The Kier molecular flexibility index (Phi) is 4.75. The summed E-state index contributed by atoms with van der Waals surface area (Å²) in [6.07, 6.45) is 0.137. The van der Waals surface area contributed by atoms with E-state index in [1.165, 1.54) is 0 Å². The summed E-state index contributed by atoms with van der Waals surface area (Å²) in [6, 6.07) is 9.08. The third-order valence-electron chi connectivity index (χ3n) is 2.50. The van der Waals surface area contributed by atoms with E-state index in [9.17, 15) is 0 Å². The number of nitrogens with one attached hydrogen (secondary N) is 3. The number of hydrogen-bond donors (Lipinski definition) is 5. The fourth-order valence-corrected chi connectivity index (χ4v) is 1.67. The predicted octanol–water partition coefficient (Wildman–Crippen LogP) is 1.58. The molecule has 0 unspecified atom stereocenters. The molecule has 2 rings (SSSR count). The molecule has 0 fully saturated rings. The molecule has 0 bridgehead atoms. The summed E-state index contributed by atoms with van der Waals surface area (Å²) < 4.78 is 5.58. The van der Waals surface area contributed by atoms with E-state index in [2.05, 4.69) is 26.1 Å². The Morgan fingerprint density at radius 2 is 1.57 bits per heavy atom. The highest BCUT2D eigenvalue weighted by Crippen LogP contribution is 2.20. The van der Waals surface area contributed by atoms with Crippen LogP contribution in [0.4, 0.5) is 23.3 Å². The molecule has 112 valence electrons. The van der Waals surface area contributed by atoms with Gasteiger partial charge in [0.05, 0.1) is 6.10 Å². The Morgan fingerprint density at radius 3 is 2.05 bits per heavy atom. The minimum Gasteiger partial charge on any atom is -0.491 e. The summed E-state index contributed by atoms with van der Waals surface area (Å²) >= 11 is 0. The maximum Gasteiger partial charge on any atom is 0.231 e. The molecule has 0 aliphatic rings. The van der Waals surface area contributed by atoms with E-state index in [0.29, 0.717) is 17.6 Å². The Morgan fingerprint density at radius 1 is 1.00 bits per heavy atom. The van der Waals surface area contributed by atoms with Crippen LogP contribution >= 0.6 is 0 Å². The van der Waals surface area contributed by atoms with Gasteiger partial charge in [0.15, 0.2) is 0 Å². The molecule has 2 aromatic rings. The molecule has 0 spiro atoms. The zero-order valence-corrected chi connectivity index (χ0v) is 11.9. The number of hydrazine groups is 2. The molecule has 0 atom stereocenters. The summed E-state index contributed by atoms with van der Waals surface area (Å²) in [5.41, 5.74) is 5.73. The van der Waals surface area contributed by atoms with Crippen molar-refractivity contribution in [2.24, 2.45) is 11.7 Å². The van der Waals surface area contributed by atoms with Crippen LogP contribution < -0.4 is 32.6 Å². The van der Waals surface area contributed by atoms with Gasteiger partial charge in [0.2, 0.25) is 5.95 Å². The number of nitrogen functional groups attached to an aromatic ring is 2. The number of aromatic nitrogens is 2. The summed E-state index contributed by atoms with van der Waals surface area (Å²) in [6.45, 7) is 3.96. The Balaban J connectivity index is 2.14. The summed E-state index contributed by atoms with van der Waals surface area (Å²) in [4.78, 5) is 8.36.